The fraction of sp³-hybridized carbons (Fsp3) is 0.133. The molecule has 3 aromatic rings. The fourth-order valence-corrected chi connectivity index (χ4v) is 3.38. The molecule has 0 saturated heterocycles. The van der Waals surface area contributed by atoms with Crippen molar-refractivity contribution in [2.45, 2.75) is 6.42 Å². The lowest BCUT2D eigenvalue weighted by molar-refractivity contribution is 0.627. The molecule has 1 N–H and O–H groups in total. The van der Waals surface area contributed by atoms with Gasteiger partial charge in [0.05, 0.1) is 10.2 Å². The van der Waals surface area contributed by atoms with E-state index in [9.17, 15) is 4.39 Å². The lowest BCUT2D eigenvalue weighted by Crippen LogP contribution is -2.04. The van der Waals surface area contributed by atoms with Crippen LogP contribution in [0.2, 0.25) is 0 Å². The quantitative estimate of drug-likeness (QED) is 0.727. The largest absolute Gasteiger partial charge is 0.361 e. The zero-order chi connectivity index (χ0) is 13.9. The molecule has 1 aromatic heterocycles. The van der Waals surface area contributed by atoms with Gasteiger partial charge in [0.2, 0.25) is 0 Å². The van der Waals surface area contributed by atoms with Crippen LogP contribution in [0.4, 0.5) is 9.52 Å². The van der Waals surface area contributed by atoms with Gasteiger partial charge in [-0.1, -0.05) is 39.4 Å². The maximum absolute atomic E-state index is 12.8. The Kier molecular flexibility index (Phi) is 3.98. The molecule has 0 aliphatic carbocycles. The first-order valence-corrected chi connectivity index (χ1v) is 7.86. The van der Waals surface area contributed by atoms with E-state index in [0.717, 1.165) is 38.3 Å². The van der Waals surface area contributed by atoms with Gasteiger partial charge in [0.25, 0.3) is 0 Å². The Hall–Kier alpha value is -1.46. The van der Waals surface area contributed by atoms with Crippen molar-refractivity contribution in [3.8, 4) is 0 Å². The molecule has 0 spiro atoms. The van der Waals surface area contributed by atoms with Crippen molar-refractivity contribution in [1.29, 1.82) is 0 Å². The third kappa shape index (κ3) is 3.16. The van der Waals surface area contributed by atoms with E-state index < -0.39 is 0 Å². The van der Waals surface area contributed by atoms with Crippen molar-refractivity contribution in [2.75, 3.05) is 11.9 Å². The van der Waals surface area contributed by atoms with E-state index in [4.69, 9.17) is 0 Å². The minimum Gasteiger partial charge on any atom is -0.361 e. The summed E-state index contributed by atoms with van der Waals surface area (Å²) in [7, 11) is 0. The molecule has 0 fully saturated rings. The number of nitrogens with one attached hydrogen (secondary N) is 1. The molecular weight excluding hydrogens is 339 g/mol. The van der Waals surface area contributed by atoms with Crippen LogP contribution in [-0.2, 0) is 6.42 Å². The van der Waals surface area contributed by atoms with Crippen LogP contribution in [0.5, 0.6) is 0 Å². The highest BCUT2D eigenvalue weighted by molar-refractivity contribution is 9.10. The fourth-order valence-electron chi connectivity index (χ4n) is 1.94. The number of nitrogens with zero attached hydrogens (tertiary/aromatic N) is 1. The maximum Gasteiger partial charge on any atom is 0.183 e. The van der Waals surface area contributed by atoms with Crippen molar-refractivity contribution in [3.05, 3.63) is 58.3 Å². The molecule has 2 aromatic carbocycles. The van der Waals surface area contributed by atoms with Crippen LogP contribution in [0.15, 0.2) is 46.9 Å². The molecule has 20 heavy (non-hydrogen) atoms. The molecule has 5 heteroatoms. The molecule has 0 bridgehead atoms. The van der Waals surface area contributed by atoms with Crippen LogP contribution in [0, 0.1) is 5.82 Å². The second kappa shape index (κ2) is 5.89. The summed E-state index contributed by atoms with van der Waals surface area (Å²) in [6, 6.07) is 12.7. The Balaban J connectivity index is 1.63. The Morgan fingerprint density at radius 3 is 2.75 bits per heavy atom. The number of hydrogen-bond acceptors (Lipinski definition) is 3. The van der Waals surface area contributed by atoms with Gasteiger partial charge in [-0.2, -0.15) is 0 Å². The summed E-state index contributed by atoms with van der Waals surface area (Å²) < 4.78 is 15.0. The topological polar surface area (TPSA) is 24.9 Å². The lowest BCUT2D eigenvalue weighted by atomic mass is 10.1. The number of aromatic nitrogens is 1. The summed E-state index contributed by atoms with van der Waals surface area (Å²) in [6.45, 7) is 0.784. The molecule has 0 atom stereocenters. The second-order valence-corrected chi connectivity index (χ2v) is 6.38. The predicted octanol–water partition coefficient (Wildman–Crippen LogP) is 4.85. The normalized spacial score (nSPS) is 10.9. The zero-order valence-electron chi connectivity index (χ0n) is 10.6. The summed E-state index contributed by atoms with van der Waals surface area (Å²) in [5.74, 6) is -0.196. The first-order valence-electron chi connectivity index (χ1n) is 6.25. The minimum absolute atomic E-state index is 0.196. The summed E-state index contributed by atoms with van der Waals surface area (Å²) in [6.07, 6.45) is 0.847. The molecule has 2 nitrogen and oxygen atoms in total. The number of thiazole rings is 1. The van der Waals surface area contributed by atoms with E-state index in [1.165, 1.54) is 12.1 Å². The molecular formula is C15H12BrFN2S. The molecule has 1 heterocycles. The predicted molar refractivity (Wildman–Crippen MR) is 85.9 cm³/mol. The number of fused-ring (bicyclic) bond motifs is 1. The van der Waals surface area contributed by atoms with Crippen molar-refractivity contribution >= 4 is 42.6 Å². The highest BCUT2D eigenvalue weighted by Crippen LogP contribution is 2.28. The number of halogens is 2. The third-order valence-electron chi connectivity index (χ3n) is 2.95. The standard InChI is InChI=1S/C15H12BrFN2S/c16-11-3-6-13-14(9-11)20-15(19-13)18-8-7-10-1-4-12(17)5-2-10/h1-6,9H,7-8H2,(H,18,19). The van der Waals surface area contributed by atoms with Crippen LogP contribution in [0.3, 0.4) is 0 Å². The summed E-state index contributed by atoms with van der Waals surface area (Å²) in [4.78, 5) is 4.53. The van der Waals surface area contributed by atoms with Gasteiger partial charge in [-0.25, -0.2) is 9.37 Å². The van der Waals surface area contributed by atoms with E-state index >= 15 is 0 Å². The van der Waals surface area contributed by atoms with Gasteiger partial charge in [0.15, 0.2) is 5.13 Å². The van der Waals surface area contributed by atoms with Gasteiger partial charge in [-0.3, -0.25) is 0 Å². The maximum atomic E-state index is 12.8. The van der Waals surface area contributed by atoms with Crippen LogP contribution in [-0.4, -0.2) is 11.5 Å². The van der Waals surface area contributed by atoms with Crippen molar-refractivity contribution in [3.63, 3.8) is 0 Å². The van der Waals surface area contributed by atoms with Crippen LogP contribution >= 0.6 is 27.3 Å². The highest BCUT2D eigenvalue weighted by atomic mass is 79.9. The second-order valence-electron chi connectivity index (χ2n) is 4.43. The van der Waals surface area contributed by atoms with E-state index in [2.05, 4.69) is 32.3 Å². The molecule has 102 valence electrons. The number of anilines is 1. The minimum atomic E-state index is -0.196. The average molecular weight is 351 g/mol. The van der Waals surface area contributed by atoms with Gasteiger partial charge in [-0.15, -0.1) is 0 Å². The first kappa shape index (κ1) is 13.5. The molecule has 0 aliphatic rings. The van der Waals surface area contributed by atoms with Crippen molar-refractivity contribution < 1.29 is 4.39 Å². The Bertz CT molecular complexity index is 724. The molecule has 0 saturated carbocycles. The van der Waals surface area contributed by atoms with E-state index in [1.807, 2.05) is 24.3 Å². The Labute approximate surface area is 128 Å². The zero-order valence-corrected chi connectivity index (χ0v) is 13.0. The van der Waals surface area contributed by atoms with Gasteiger partial charge < -0.3 is 5.32 Å². The van der Waals surface area contributed by atoms with E-state index in [1.54, 1.807) is 11.3 Å². The molecule has 3 rings (SSSR count). The SMILES string of the molecule is Fc1ccc(CCNc2nc3ccc(Br)cc3s2)cc1. The van der Waals surface area contributed by atoms with Gasteiger partial charge in [0.1, 0.15) is 5.82 Å². The smallest absolute Gasteiger partial charge is 0.183 e. The van der Waals surface area contributed by atoms with Crippen LogP contribution in [0.1, 0.15) is 5.56 Å². The van der Waals surface area contributed by atoms with Crippen LogP contribution < -0.4 is 5.32 Å². The molecule has 0 unspecified atom stereocenters. The third-order valence-corrected chi connectivity index (χ3v) is 4.42. The lowest BCUT2D eigenvalue weighted by Gasteiger charge is -2.02. The average Bonchev–Trinajstić information content (AvgIpc) is 2.83. The molecule has 0 amide bonds. The van der Waals surface area contributed by atoms with Gasteiger partial charge in [-0.05, 0) is 42.3 Å². The van der Waals surface area contributed by atoms with Crippen molar-refractivity contribution in [2.24, 2.45) is 0 Å². The number of benzene rings is 2. The monoisotopic (exact) mass is 350 g/mol. The summed E-state index contributed by atoms with van der Waals surface area (Å²) in [5, 5.41) is 4.23. The molecule has 0 aliphatic heterocycles. The highest BCUT2D eigenvalue weighted by Gasteiger charge is 2.03. The van der Waals surface area contributed by atoms with Crippen molar-refractivity contribution in [1.82, 2.24) is 4.98 Å². The molecule has 0 radical (unpaired) electrons. The Morgan fingerprint density at radius 1 is 1.15 bits per heavy atom. The number of rotatable bonds is 4. The van der Waals surface area contributed by atoms with Gasteiger partial charge >= 0.3 is 0 Å². The van der Waals surface area contributed by atoms with Gasteiger partial charge in [0, 0.05) is 11.0 Å². The summed E-state index contributed by atoms with van der Waals surface area (Å²) >= 11 is 5.10. The van der Waals surface area contributed by atoms with E-state index in [-0.39, 0.29) is 5.82 Å². The Morgan fingerprint density at radius 2 is 1.95 bits per heavy atom. The first-order chi connectivity index (χ1) is 9.70. The van der Waals surface area contributed by atoms with E-state index in [0.29, 0.717) is 0 Å². The van der Waals surface area contributed by atoms with Crippen LogP contribution in [0.25, 0.3) is 10.2 Å². The number of hydrogen-bond donors (Lipinski definition) is 1. The summed E-state index contributed by atoms with van der Waals surface area (Å²) in [5.41, 5.74) is 2.12.